The van der Waals surface area contributed by atoms with Crippen molar-refractivity contribution in [2.45, 2.75) is 50.4 Å². The number of hydrogen-bond acceptors (Lipinski definition) is 4. The summed E-state index contributed by atoms with van der Waals surface area (Å²) in [4.78, 5) is 22.5. The lowest BCUT2D eigenvalue weighted by Crippen LogP contribution is -2.60. The van der Waals surface area contributed by atoms with E-state index in [0.717, 1.165) is 6.92 Å². The van der Waals surface area contributed by atoms with Crippen molar-refractivity contribution >= 4 is 11.9 Å². The van der Waals surface area contributed by atoms with Crippen molar-refractivity contribution in [2.75, 3.05) is 0 Å². The van der Waals surface area contributed by atoms with Crippen LogP contribution in [0, 0.1) is 5.92 Å². The maximum Gasteiger partial charge on any atom is 0.320 e. The van der Waals surface area contributed by atoms with Crippen LogP contribution in [0.1, 0.15) is 20.3 Å². The molecule has 1 heterocycles. The third kappa shape index (κ3) is 4.59. The number of carboxylic acid groups (broad SMARTS) is 1. The molecule has 1 aliphatic heterocycles. The van der Waals surface area contributed by atoms with Crippen molar-refractivity contribution in [3.05, 3.63) is 24.8 Å². The Morgan fingerprint density at radius 3 is 2.52 bits per heavy atom. The number of hydrogen-bond donors (Lipinski definition) is 4. The average molecular weight is 332 g/mol. The SMILES string of the molecule is C=CC(F)(F)[C@@H](O)[C@H](NC(C)=O)[C@@H]1N[C@@H](C(=O)O)C[C@H]1/C=C\C. The summed E-state index contributed by atoms with van der Waals surface area (Å²) in [5.74, 6) is -5.77. The van der Waals surface area contributed by atoms with Gasteiger partial charge in [-0.15, -0.1) is 0 Å². The van der Waals surface area contributed by atoms with Gasteiger partial charge in [-0.25, -0.2) is 0 Å². The number of alkyl halides is 2. The summed E-state index contributed by atoms with van der Waals surface area (Å²) in [6, 6.07) is -3.16. The topological polar surface area (TPSA) is 98.7 Å². The van der Waals surface area contributed by atoms with E-state index in [2.05, 4.69) is 17.2 Å². The summed E-state index contributed by atoms with van der Waals surface area (Å²) < 4.78 is 27.6. The average Bonchev–Trinajstić information content (AvgIpc) is 2.88. The third-order valence-electron chi connectivity index (χ3n) is 3.86. The molecule has 1 aliphatic rings. The first-order chi connectivity index (χ1) is 10.6. The van der Waals surface area contributed by atoms with E-state index >= 15 is 0 Å². The summed E-state index contributed by atoms with van der Waals surface area (Å²) in [5.41, 5.74) is 0. The van der Waals surface area contributed by atoms with Gasteiger partial charge in [-0.05, 0) is 25.3 Å². The molecular formula is C15H22F2N2O4. The number of aliphatic hydroxyl groups excluding tert-OH is 1. The predicted molar refractivity (Wildman–Crippen MR) is 80.0 cm³/mol. The van der Waals surface area contributed by atoms with Crippen LogP contribution >= 0.6 is 0 Å². The van der Waals surface area contributed by atoms with Crippen molar-refractivity contribution in [1.82, 2.24) is 10.6 Å². The second kappa shape index (κ2) is 7.65. The van der Waals surface area contributed by atoms with E-state index in [9.17, 15) is 23.5 Å². The molecule has 23 heavy (non-hydrogen) atoms. The molecule has 0 bridgehead atoms. The number of nitrogens with one attached hydrogen (secondary N) is 2. The highest BCUT2D eigenvalue weighted by Gasteiger charge is 2.49. The molecule has 1 amide bonds. The highest BCUT2D eigenvalue weighted by molar-refractivity contribution is 5.75. The fourth-order valence-corrected chi connectivity index (χ4v) is 2.79. The van der Waals surface area contributed by atoms with Crippen molar-refractivity contribution in [3.63, 3.8) is 0 Å². The Bertz CT molecular complexity index is 496. The Hall–Kier alpha value is -1.80. The molecule has 0 saturated carbocycles. The Morgan fingerprint density at radius 1 is 1.48 bits per heavy atom. The van der Waals surface area contributed by atoms with E-state index in [0.29, 0.717) is 6.08 Å². The minimum atomic E-state index is -3.63. The number of aliphatic hydroxyl groups is 1. The summed E-state index contributed by atoms with van der Waals surface area (Å²) in [6.07, 6.45) is 1.59. The summed E-state index contributed by atoms with van der Waals surface area (Å²) in [6.45, 7) is 5.84. The highest BCUT2D eigenvalue weighted by atomic mass is 19.3. The lowest BCUT2D eigenvalue weighted by Gasteiger charge is -2.34. The van der Waals surface area contributed by atoms with Crippen LogP contribution in [0.2, 0.25) is 0 Å². The summed E-state index contributed by atoms with van der Waals surface area (Å²) in [5, 5.41) is 24.2. The Balaban J connectivity index is 3.15. The van der Waals surface area contributed by atoms with E-state index in [4.69, 9.17) is 5.11 Å². The van der Waals surface area contributed by atoms with Crippen molar-refractivity contribution in [1.29, 1.82) is 0 Å². The molecule has 4 N–H and O–H groups in total. The van der Waals surface area contributed by atoms with Crippen LogP contribution < -0.4 is 10.6 Å². The van der Waals surface area contributed by atoms with Gasteiger partial charge in [0.2, 0.25) is 5.91 Å². The Morgan fingerprint density at radius 2 is 2.09 bits per heavy atom. The number of halogens is 2. The summed E-state index contributed by atoms with van der Waals surface area (Å²) >= 11 is 0. The molecule has 8 heteroatoms. The molecule has 5 atom stereocenters. The van der Waals surface area contributed by atoms with Crippen LogP contribution in [-0.2, 0) is 9.59 Å². The quantitative estimate of drug-likeness (QED) is 0.514. The van der Waals surface area contributed by atoms with E-state index in [1.807, 2.05) is 0 Å². The molecular weight excluding hydrogens is 310 g/mol. The molecule has 1 fully saturated rings. The van der Waals surface area contributed by atoms with Gasteiger partial charge in [0.1, 0.15) is 12.1 Å². The monoisotopic (exact) mass is 332 g/mol. The summed E-state index contributed by atoms with van der Waals surface area (Å²) in [7, 11) is 0. The van der Waals surface area contributed by atoms with Crippen LogP contribution in [0.15, 0.2) is 24.8 Å². The van der Waals surface area contributed by atoms with Crippen LogP contribution in [0.5, 0.6) is 0 Å². The van der Waals surface area contributed by atoms with Gasteiger partial charge in [0.15, 0.2) is 0 Å². The molecule has 6 nitrogen and oxygen atoms in total. The maximum atomic E-state index is 13.8. The zero-order chi connectivity index (χ0) is 17.8. The number of amides is 1. The van der Waals surface area contributed by atoms with Gasteiger partial charge in [0, 0.05) is 13.0 Å². The molecule has 0 spiro atoms. The van der Waals surface area contributed by atoms with E-state index in [-0.39, 0.29) is 6.42 Å². The third-order valence-corrected chi connectivity index (χ3v) is 3.86. The van der Waals surface area contributed by atoms with Gasteiger partial charge < -0.3 is 15.5 Å². The second-order valence-electron chi connectivity index (χ2n) is 5.56. The van der Waals surface area contributed by atoms with Crippen LogP contribution in [-0.4, -0.2) is 52.2 Å². The maximum absolute atomic E-state index is 13.8. The molecule has 130 valence electrons. The second-order valence-corrected chi connectivity index (χ2v) is 5.56. The minimum absolute atomic E-state index is 0.173. The minimum Gasteiger partial charge on any atom is -0.480 e. The zero-order valence-corrected chi connectivity index (χ0v) is 13.0. The molecule has 1 rings (SSSR count). The first-order valence-corrected chi connectivity index (χ1v) is 7.22. The standard InChI is InChI=1S/C15H22F2N2O4/c1-4-6-9-7-10(14(22)23)19-11(9)12(18-8(3)20)13(21)15(16,17)5-2/h4-6,9-13,19,21H,2,7H2,1,3H3,(H,18,20)(H,22,23)/b6-4-/t9-,10-,11-,12-,13+/m1/s1. The number of carboxylic acids is 1. The lowest BCUT2D eigenvalue weighted by atomic mass is 9.88. The fraction of sp³-hybridized carbons (Fsp3) is 0.600. The Kier molecular flexibility index (Phi) is 6.40. The number of allylic oxidation sites excluding steroid dienone is 1. The first kappa shape index (κ1) is 19.2. The molecule has 0 aromatic rings. The number of aliphatic carboxylic acids is 1. The van der Waals surface area contributed by atoms with Gasteiger partial charge in [-0.1, -0.05) is 18.7 Å². The Labute approximate surface area is 133 Å². The fourth-order valence-electron chi connectivity index (χ4n) is 2.79. The van der Waals surface area contributed by atoms with Crippen LogP contribution in [0.4, 0.5) is 8.78 Å². The van der Waals surface area contributed by atoms with Crippen LogP contribution in [0.25, 0.3) is 0 Å². The number of carbonyl (C=O) groups is 2. The van der Waals surface area contributed by atoms with Gasteiger partial charge in [-0.2, -0.15) is 8.78 Å². The lowest BCUT2D eigenvalue weighted by molar-refractivity contribution is -0.139. The molecule has 0 radical (unpaired) electrons. The number of carbonyl (C=O) groups excluding carboxylic acids is 1. The molecule has 0 aliphatic carbocycles. The normalized spacial score (nSPS) is 27.6. The first-order valence-electron chi connectivity index (χ1n) is 7.22. The molecule has 0 aromatic heterocycles. The van der Waals surface area contributed by atoms with E-state index in [1.54, 1.807) is 19.1 Å². The number of rotatable bonds is 7. The van der Waals surface area contributed by atoms with Gasteiger partial charge >= 0.3 is 5.97 Å². The smallest absolute Gasteiger partial charge is 0.320 e. The molecule has 0 unspecified atom stereocenters. The predicted octanol–water partition coefficient (Wildman–Crippen LogP) is 0.681. The molecule has 1 saturated heterocycles. The van der Waals surface area contributed by atoms with E-state index in [1.165, 1.54) is 0 Å². The highest BCUT2D eigenvalue weighted by Crippen LogP contribution is 2.30. The van der Waals surface area contributed by atoms with Gasteiger partial charge in [0.05, 0.1) is 6.04 Å². The molecule has 0 aromatic carbocycles. The zero-order valence-electron chi connectivity index (χ0n) is 13.0. The van der Waals surface area contributed by atoms with Crippen molar-refractivity contribution in [2.24, 2.45) is 5.92 Å². The van der Waals surface area contributed by atoms with Crippen LogP contribution in [0.3, 0.4) is 0 Å². The van der Waals surface area contributed by atoms with Crippen molar-refractivity contribution < 1.29 is 28.6 Å². The van der Waals surface area contributed by atoms with Gasteiger partial charge in [0.25, 0.3) is 5.92 Å². The van der Waals surface area contributed by atoms with Gasteiger partial charge in [-0.3, -0.25) is 14.9 Å². The van der Waals surface area contributed by atoms with E-state index < -0.39 is 47.9 Å². The largest absolute Gasteiger partial charge is 0.480 e. The van der Waals surface area contributed by atoms with Crippen molar-refractivity contribution in [3.8, 4) is 0 Å².